The van der Waals surface area contributed by atoms with E-state index in [-0.39, 0.29) is 34.5 Å². The summed E-state index contributed by atoms with van der Waals surface area (Å²) in [5.41, 5.74) is 0.0925. The molecule has 1 N–H and O–H groups in total. The van der Waals surface area contributed by atoms with Gasteiger partial charge in [0.1, 0.15) is 0 Å². The second-order valence-electron chi connectivity index (χ2n) is 7.24. The SMILES string of the molecule is CCOC(=O)C1CNCC12CN(C(=O)[C@H]1CC1(C)C)C2. The summed E-state index contributed by atoms with van der Waals surface area (Å²) >= 11 is 0. The first-order valence-electron chi connectivity index (χ1n) is 7.56. The van der Waals surface area contributed by atoms with Crippen molar-refractivity contribution in [2.24, 2.45) is 22.7 Å². The van der Waals surface area contributed by atoms with Crippen molar-refractivity contribution in [3.8, 4) is 0 Å². The molecule has 2 atom stereocenters. The molecule has 0 aromatic carbocycles. The smallest absolute Gasteiger partial charge is 0.310 e. The third kappa shape index (κ3) is 2.03. The number of carbonyl (C=O) groups is 2. The Kier molecular flexibility index (Phi) is 3.08. The fourth-order valence-corrected chi connectivity index (χ4v) is 3.69. The van der Waals surface area contributed by atoms with Gasteiger partial charge in [-0.05, 0) is 18.8 Å². The van der Waals surface area contributed by atoms with Gasteiger partial charge in [0.05, 0.1) is 12.5 Å². The molecule has 1 aliphatic carbocycles. The first kappa shape index (κ1) is 13.9. The van der Waals surface area contributed by atoms with Crippen molar-refractivity contribution in [2.75, 3.05) is 32.8 Å². The van der Waals surface area contributed by atoms with Crippen LogP contribution in [-0.4, -0.2) is 49.6 Å². The molecular formula is C15H24N2O3. The molecule has 2 aliphatic heterocycles. The third-order valence-corrected chi connectivity index (χ3v) is 5.27. The molecule has 5 nitrogen and oxygen atoms in total. The topological polar surface area (TPSA) is 58.6 Å². The van der Waals surface area contributed by atoms with Crippen LogP contribution in [0.25, 0.3) is 0 Å². The summed E-state index contributed by atoms with van der Waals surface area (Å²) in [6.07, 6.45) is 0.995. The highest BCUT2D eigenvalue weighted by Crippen LogP contribution is 2.54. The van der Waals surface area contributed by atoms with Crippen LogP contribution in [0.15, 0.2) is 0 Å². The van der Waals surface area contributed by atoms with Gasteiger partial charge in [-0.25, -0.2) is 0 Å². The number of nitrogens with one attached hydrogen (secondary N) is 1. The van der Waals surface area contributed by atoms with E-state index in [1.807, 2.05) is 11.8 Å². The number of carbonyl (C=O) groups excluding carboxylic acids is 2. The van der Waals surface area contributed by atoms with Gasteiger partial charge < -0.3 is 15.0 Å². The molecule has 1 unspecified atom stereocenters. The van der Waals surface area contributed by atoms with Gasteiger partial charge in [0.25, 0.3) is 0 Å². The van der Waals surface area contributed by atoms with E-state index in [0.29, 0.717) is 26.2 Å². The number of hydrogen-bond donors (Lipinski definition) is 1. The number of nitrogens with zero attached hydrogens (tertiary/aromatic N) is 1. The number of esters is 1. The Morgan fingerprint density at radius 1 is 1.30 bits per heavy atom. The maximum atomic E-state index is 12.3. The molecule has 3 fully saturated rings. The van der Waals surface area contributed by atoms with E-state index in [9.17, 15) is 9.59 Å². The highest BCUT2D eigenvalue weighted by molar-refractivity contribution is 5.84. The molecule has 0 aromatic rings. The minimum atomic E-state index is -0.114. The van der Waals surface area contributed by atoms with Crippen LogP contribution in [0.4, 0.5) is 0 Å². The van der Waals surface area contributed by atoms with Gasteiger partial charge in [-0.2, -0.15) is 0 Å². The average Bonchev–Trinajstić information content (AvgIpc) is 2.81. The van der Waals surface area contributed by atoms with Crippen LogP contribution in [0, 0.1) is 22.7 Å². The van der Waals surface area contributed by atoms with Crippen molar-refractivity contribution < 1.29 is 14.3 Å². The van der Waals surface area contributed by atoms with E-state index in [2.05, 4.69) is 19.2 Å². The summed E-state index contributed by atoms with van der Waals surface area (Å²) in [4.78, 5) is 26.3. The van der Waals surface area contributed by atoms with Gasteiger partial charge in [0.15, 0.2) is 0 Å². The van der Waals surface area contributed by atoms with Crippen LogP contribution in [0.3, 0.4) is 0 Å². The highest BCUT2D eigenvalue weighted by Gasteiger charge is 2.60. The molecule has 0 radical (unpaired) electrons. The maximum absolute atomic E-state index is 12.3. The fraction of sp³-hybridized carbons (Fsp3) is 0.867. The standard InChI is InChI=1S/C15H24N2O3/c1-4-20-13(19)11-6-16-7-15(11)8-17(9-15)12(18)10-5-14(10,2)3/h10-11,16H,4-9H2,1-3H3/t10-,11?/m1/s1. The first-order chi connectivity index (χ1) is 9.39. The number of likely N-dealkylation sites (tertiary alicyclic amines) is 1. The van der Waals surface area contributed by atoms with Crippen LogP contribution in [0.5, 0.6) is 0 Å². The Morgan fingerprint density at radius 3 is 2.50 bits per heavy atom. The lowest BCUT2D eigenvalue weighted by Crippen LogP contribution is -2.63. The number of hydrogen-bond acceptors (Lipinski definition) is 4. The predicted octanol–water partition coefficient (Wildman–Crippen LogP) is 0.644. The summed E-state index contributed by atoms with van der Waals surface area (Å²) in [7, 11) is 0. The lowest BCUT2D eigenvalue weighted by molar-refractivity contribution is -0.162. The maximum Gasteiger partial charge on any atom is 0.310 e. The van der Waals surface area contributed by atoms with Crippen molar-refractivity contribution in [3.05, 3.63) is 0 Å². The Bertz CT molecular complexity index is 440. The van der Waals surface area contributed by atoms with E-state index < -0.39 is 0 Å². The zero-order chi connectivity index (χ0) is 14.5. The summed E-state index contributed by atoms with van der Waals surface area (Å²) < 4.78 is 5.16. The second kappa shape index (κ2) is 4.45. The lowest BCUT2D eigenvalue weighted by atomic mass is 9.71. The van der Waals surface area contributed by atoms with Crippen molar-refractivity contribution >= 4 is 11.9 Å². The van der Waals surface area contributed by atoms with Crippen molar-refractivity contribution in [2.45, 2.75) is 27.2 Å². The summed E-state index contributed by atoms with van der Waals surface area (Å²) in [6.45, 7) is 9.43. The molecule has 0 aromatic heterocycles. The largest absolute Gasteiger partial charge is 0.466 e. The zero-order valence-electron chi connectivity index (χ0n) is 12.6. The molecule has 20 heavy (non-hydrogen) atoms. The van der Waals surface area contributed by atoms with Gasteiger partial charge in [-0.15, -0.1) is 0 Å². The van der Waals surface area contributed by atoms with Crippen LogP contribution in [-0.2, 0) is 14.3 Å². The molecule has 2 saturated heterocycles. The van der Waals surface area contributed by atoms with Crippen LogP contribution < -0.4 is 5.32 Å². The molecular weight excluding hydrogens is 256 g/mol. The van der Waals surface area contributed by atoms with Gasteiger partial charge in [-0.3, -0.25) is 9.59 Å². The van der Waals surface area contributed by atoms with Crippen LogP contribution >= 0.6 is 0 Å². The van der Waals surface area contributed by atoms with E-state index >= 15 is 0 Å². The predicted molar refractivity (Wildman–Crippen MR) is 73.9 cm³/mol. The van der Waals surface area contributed by atoms with Gasteiger partial charge >= 0.3 is 5.97 Å². The molecule has 5 heteroatoms. The lowest BCUT2D eigenvalue weighted by Gasteiger charge is -2.50. The molecule has 2 heterocycles. The quantitative estimate of drug-likeness (QED) is 0.771. The third-order valence-electron chi connectivity index (χ3n) is 5.27. The fourth-order valence-electron chi connectivity index (χ4n) is 3.69. The highest BCUT2D eigenvalue weighted by atomic mass is 16.5. The van der Waals surface area contributed by atoms with Crippen molar-refractivity contribution in [3.63, 3.8) is 0 Å². The Hall–Kier alpha value is -1.10. The normalized spacial score (nSPS) is 32.9. The number of amides is 1. The molecule has 1 saturated carbocycles. The molecule has 0 bridgehead atoms. The van der Waals surface area contributed by atoms with Crippen LogP contribution in [0.2, 0.25) is 0 Å². The summed E-state index contributed by atoms with van der Waals surface area (Å²) in [5, 5.41) is 3.29. The Labute approximate surface area is 120 Å². The average molecular weight is 280 g/mol. The zero-order valence-corrected chi connectivity index (χ0v) is 12.6. The van der Waals surface area contributed by atoms with E-state index in [1.54, 1.807) is 0 Å². The van der Waals surface area contributed by atoms with E-state index in [0.717, 1.165) is 13.0 Å². The van der Waals surface area contributed by atoms with Gasteiger partial charge in [-0.1, -0.05) is 13.8 Å². The van der Waals surface area contributed by atoms with E-state index in [1.165, 1.54) is 0 Å². The van der Waals surface area contributed by atoms with Crippen LogP contribution in [0.1, 0.15) is 27.2 Å². The second-order valence-corrected chi connectivity index (χ2v) is 7.24. The number of rotatable bonds is 3. The van der Waals surface area contributed by atoms with Crippen molar-refractivity contribution in [1.82, 2.24) is 10.2 Å². The van der Waals surface area contributed by atoms with Gasteiger partial charge in [0.2, 0.25) is 5.91 Å². The minimum absolute atomic E-state index is 0.0824. The Morgan fingerprint density at radius 2 is 1.95 bits per heavy atom. The Balaban J connectivity index is 1.60. The monoisotopic (exact) mass is 280 g/mol. The molecule has 3 rings (SSSR count). The molecule has 1 amide bonds. The van der Waals surface area contributed by atoms with Gasteiger partial charge in [0, 0.05) is 37.5 Å². The minimum Gasteiger partial charge on any atom is -0.466 e. The molecule has 1 spiro atoms. The molecule has 3 aliphatic rings. The van der Waals surface area contributed by atoms with E-state index in [4.69, 9.17) is 4.74 Å². The molecule has 112 valence electrons. The number of ether oxygens (including phenoxy) is 1. The van der Waals surface area contributed by atoms with Crippen molar-refractivity contribution in [1.29, 1.82) is 0 Å². The summed E-state index contributed by atoms with van der Waals surface area (Å²) in [5.74, 6) is 0.250. The summed E-state index contributed by atoms with van der Waals surface area (Å²) in [6, 6.07) is 0. The first-order valence-corrected chi connectivity index (χ1v) is 7.56.